The highest BCUT2D eigenvalue weighted by Gasteiger charge is 2.33. The van der Waals surface area contributed by atoms with E-state index in [1.54, 1.807) is 0 Å². The zero-order valence-electron chi connectivity index (χ0n) is 13.4. The van der Waals surface area contributed by atoms with E-state index in [1.807, 2.05) is 32.7 Å². The predicted octanol–water partition coefficient (Wildman–Crippen LogP) is 1.69. The van der Waals surface area contributed by atoms with Crippen molar-refractivity contribution in [3.05, 3.63) is 0 Å². The Morgan fingerprint density at radius 2 is 1.74 bits per heavy atom. The molecule has 4 nitrogen and oxygen atoms in total. The van der Waals surface area contributed by atoms with E-state index in [9.17, 15) is 4.79 Å². The number of amides is 1. The maximum Gasteiger partial charge on any atom is 0.240 e. The molecule has 1 atom stereocenters. The molecule has 1 aliphatic rings. The second-order valence-electron chi connectivity index (χ2n) is 7.15. The highest BCUT2D eigenvalue weighted by atomic mass is 16.2. The fourth-order valence-corrected chi connectivity index (χ4v) is 2.56. The van der Waals surface area contributed by atoms with Crippen molar-refractivity contribution in [3.63, 3.8) is 0 Å². The molecule has 0 aromatic carbocycles. The molecule has 0 unspecified atom stereocenters. The average Bonchev–Trinajstić information content (AvgIpc) is 2.35. The summed E-state index contributed by atoms with van der Waals surface area (Å²) >= 11 is 0. The van der Waals surface area contributed by atoms with E-state index in [1.165, 1.54) is 0 Å². The van der Waals surface area contributed by atoms with Gasteiger partial charge < -0.3 is 15.5 Å². The van der Waals surface area contributed by atoms with Crippen LogP contribution in [0.3, 0.4) is 0 Å². The van der Waals surface area contributed by atoms with Crippen LogP contribution in [-0.4, -0.2) is 54.0 Å². The lowest BCUT2D eigenvalue weighted by molar-refractivity contribution is -0.136. The summed E-state index contributed by atoms with van der Waals surface area (Å²) in [5.41, 5.74) is 5.90. The van der Waals surface area contributed by atoms with Gasteiger partial charge in [-0.05, 0) is 32.1 Å². The standard InChI is InChI=1S/C15H31N3O/c1-11(2)18-9-7-12(8-10-18)17(6)14(19)13(16)15(3,4)5/h11-13H,7-10,16H2,1-6H3/t13-/m1/s1. The minimum absolute atomic E-state index is 0.0792. The van der Waals surface area contributed by atoms with Crippen LogP contribution in [0.2, 0.25) is 0 Å². The molecule has 0 radical (unpaired) electrons. The molecule has 112 valence electrons. The fraction of sp³-hybridized carbons (Fsp3) is 0.933. The summed E-state index contributed by atoms with van der Waals surface area (Å²) in [4.78, 5) is 16.7. The summed E-state index contributed by atoms with van der Waals surface area (Å²) in [6.07, 6.45) is 2.11. The average molecular weight is 269 g/mol. The third-order valence-electron chi connectivity index (χ3n) is 4.32. The number of rotatable bonds is 3. The number of nitrogens with two attached hydrogens (primary N) is 1. The molecule has 0 saturated carbocycles. The zero-order valence-corrected chi connectivity index (χ0v) is 13.4. The van der Waals surface area contributed by atoms with Crippen LogP contribution in [0.1, 0.15) is 47.5 Å². The van der Waals surface area contributed by atoms with Crippen LogP contribution < -0.4 is 5.73 Å². The van der Waals surface area contributed by atoms with Gasteiger partial charge in [0.15, 0.2) is 0 Å². The monoisotopic (exact) mass is 269 g/mol. The Labute approximate surface area is 118 Å². The van der Waals surface area contributed by atoms with Crippen molar-refractivity contribution in [2.24, 2.45) is 11.1 Å². The van der Waals surface area contributed by atoms with Crippen molar-refractivity contribution >= 4 is 5.91 Å². The maximum atomic E-state index is 12.4. The van der Waals surface area contributed by atoms with Crippen molar-refractivity contribution in [1.29, 1.82) is 0 Å². The summed E-state index contributed by atoms with van der Waals surface area (Å²) < 4.78 is 0. The molecule has 19 heavy (non-hydrogen) atoms. The highest BCUT2D eigenvalue weighted by Crippen LogP contribution is 2.22. The molecule has 2 N–H and O–H groups in total. The summed E-state index contributed by atoms with van der Waals surface area (Å²) in [6, 6.07) is 0.523. The van der Waals surface area contributed by atoms with E-state index in [4.69, 9.17) is 5.73 Å². The lowest BCUT2D eigenvalue weighted by Gasteiger charge is -2.40. The molecule has 0 aromatic rings. The smallest absolute Gasteiger partial charge is 0.240 e. The molecule has 0 bridgehead atoms. The van der Waals surface area contributed by atoms with Gasteiger partial charge in [-0.2, -0.15) is 0 Å². The third kappa shape index (κ3) is 4.18. The Balaban J connectivity index is 2.56. The molecular formula is C15H31N3O. The molecule has 0 spiro atoms. The van der Waals surface area contributed by atoms with Gasteiger partial charge in [-0.15, -0.1) is 0 Å². The van der Waals surface area contributed by atoms with Crippen LogP contribution in [0.25, 0.3) is 0 Å². The Bertz CT molecular complexity index is 301. The Morgan fingerprint density at radius 3 is 2.11 bits per heavy atom. The number of nitrogens with zero attached hydrogens (tertiary/aromatic N) is 2. The second-order valence-corrected chi connectivity index (χ2v) is 7.15. The molecule has 4 heteroatoms. The van der Waals surface area contributed by atoms with Crippen LogP contribution in [0, 0.1) is 5.41 Å². The first-order chi connectivity index (χ1) is 8.64. The molecule has 1 fully saturated rings. The van der Waals surface area contributed by atoms with Crippen LogP contribution in [0.4, 0.5) is 0 Å². The van der Waals surface area contributed by atoms with E-state index in [0.717, 1.165) is 25.9 Å². The molecule has 0 aromatic heterocycles. The topological polar surface area (TPSA) is 49.6 Å². The number of piperidine rings is 1. The Kier molecular flexibility index (Phi) is 5.39. The normalized spacial score (nSPS) is 20.6. The summed E-state index contributed by atoms with van der Waals surface area (Å²) in [5.74, 6) is 0.0792. The van der Waals surface area contributed by atoms with Crippen molar-refractivity contribution in [2.75, 3.05) is 20.1 Å². The first-order valence-electron chi connectivity index (χ1n) is 7.41. The van der Waals surface area contributed by atoms with Crippen LogP contribution in [0.15, 0.2) is 0 Å². The minimum Gasteiger partial charge on any atom is -0.341 e. The number of carbonyl (C=O) groups excluding carboxylic acids is 1. The summed E-state index contributed by atoms with van der Waals surface area (Å²) in [5, 5.41) is 0. The third-order valence-corrected chi connectivity index (χ3v) is 4.32. The van der Waals surface area contributed by atoms with Gasteiger partial charge in [0.2, 0.25) is 5.91 Å². The van der Waals surface area contributed by atoms with E-state index in [0.29, 0.717) is 12.1 Å². The van der Waals surface area contributed by atoms with Gasteiger partial charge in [0.25, 0.3) is 0 Å². The van der Waals surface area contributed by atoms with Crippen LogP contribution in [0.5, 0.6) is 0 Å². The van der Waals surface area contributed by atoms with Crippen molar-refractivity contribution in [3.8, 4) is 0 Å². The van der Waals surface area contributed by atoms with Gasteiger partial charge in [0.1, 0.15) is 0 Å². The van der Waals surface area contributed by atoms with E-state index in [2.05, 4.69) is 18.7 Å². The van der Waals surface area contributed by atoms with Crippen molar-refractivity contribution < 1.29 is 4.79 Å². The number of hydrogen-bond donors (Lipinski definition) is 1. The van der Waals surface area contributed by atoms with Crippen LogP contribution >= 0.6 is 0 Å². The number of carbonyl (C=O) groups is 1. The maximum absolute atomic E-state index is 12.4. The number of likely N-dealkylation sites (tertiary alicyclic amines) is 1. The van der Waals surface area contributed by atoms with Gasteiger partial charge in [0.05, 0.1) is 6.04 Å². The van der Waals surface area contributed by atoms with Gasteiger partial charge in [-0.3, -0.25) is 4.79 Å². The highest BCUT2D eigenvalue weighted by molar-refractivity contribution is 5.82. The summed E-state index contributed by atoms with van der Waals surface area (Å²) in [6.45, 7) is 12.7. The number of likely N-dealkylation sites (N-methyl/N-ethyl adjacent to an activating group) is 1. The molecule has 1 saturated heterocycles. The summed E-state index contributed by atoms with van der Waals surface area (Å²) in [7, 11) is 1.91. The molecule has 1 amide bonds. The number of hydrogen-bond acceptors (Lipinski definition) is 3. The van der Waals surface area contributed by atoms with Gasteiger partial charge in [-0.25, -0.2) is 0 Å². The SMILES string of the molecule is CC(C)N1CCC(N(C)C(=O)[C@@H](N)C(C)(C)C)CC1. The lowest BCUT2D eigenvalue weighted by Crippen LogP contribution is -2.54. The van der Waals surface area contributed by atoms with Gasteiger partial charge >= 0.3 is 0 Å². The van der Waals surface area contributed by atoms with E-state index in [-0.39, 0.29) is 11.3 Å². The molecule has 0 aliphatic carbocycles. The quantitative estimate of drug-likeness (QED) is 0.848. The van der Waals surface area contributed by atoms with Crippen LogP contribution in [-0.2, 0) is 4.79 Å². The molecule has 1 aliphatic heterocycles. The van der Waals surface area contributed by atoms with Crippen molar-refractivity contribution in [2.45, 2.75) is 65.6 Å². The molecule has 1 rings (SSSR count). The Morgan fingerprint density at radius 1 is 1.26 bits per heavy atom. The second kappa shape index (κ2) is 6.23. The fourth-order valence-electron chi connectivity index (χ4n) is 2.56. The predicted molar refractivity (Wildman–Crippen MR) is 79.9 cm³/mol. The van der Waals surface area contributed by atoms with Gasteiger partial charge in [0, 0.05) is 32.2 Å². The van der Waals surface area contributed by atoms with Gasteiger partial charge in [-0.1, -0.05) is 20.8 Å². The first kappa shape index (κ1) is 16.4. The molecule has 1 heterocycles. The lowest BCUT2D eigenvalue weighted by atomic mass is 9.86. The zero-order chi connectivity index (χ0) is 14.8. The van der Waals surface area contributed by atoms with E-state index < -0.39 is 6.04 Å². The van der Waals surface area contributed by atoms with E-state index >= 15 is 0 Å². The largest absolute Gasteiger partial charge is 0.341 e. The molecular weight excluding hydrogens is 238 g/mol. The minimum atomic E-state index is -0.416. The first-order valence-corrected chi connectivity index (χ1v) is 7.41. The Hall–Kier alpha value is -0.610. The van der Waals surface area contributed by atoms with Crippen molar-refractivity contribution in [1.82, 2.24) is 9.80 Å².